The Morgan fingerprint density at radius 1 is 0.892 bits per heavy atom. The van der Waals surface area contributed by atoms with Crippen LogP contribution in [0.2, 0.25) is 0 Å². The summed E-state index contributed by atoms with van der Waals surface area (Å²) in [6, 6.07) is 0.0323. The molecule has 37 heavy (non-hydrogen) atoms. The third-order valence-corrected chi connectivity index (χ3v) is 12.3. The molecular weight excluding hydrogens is 466 g/mol. The highest BCUT2D eigenvalue weighted by Gasteiger charge is 2.67. The molecule has 0 bridgehead atoms. The Kier molecular flexibility index (Phi) is 7.26. The maximum Gasteiger partial charge on any atom is 0.302 e. The van der Waals surface area contributed by atoms with Gasteiger partial charge in [0.25, 0.3) is 0 Å². The van der Waals surface area contributed by atoms with Crippen molar-refractivity contribution in [2.24, 2.45) is 46.3 Å². The summed E-state index contributed by atoms with van der Waals surface area (Å²) in [5.41, 5.74) is -0.701. The monoisotopic (exact) mass is 517 g/mol. The van der Waals surface area contributed by atoms with E-state index in [-0.39, 0.29) is 46.9 Å². The maximum absolute atomic E-state index is 12.3. The Bertz CT molecular complexity index is 881. The van der Waals surface area contributed by atoms with Crippen molar-refractivity contribution in [1.29, 1.82) is 0 Å². The number of rotatable bonds is 4. The first-order valence-electron chi connectivity index (χ1n) is 15.2. The lowest BCUT2D eigenvalue weighted by Gasteiger charge is -2.61. The Morgan fingerprint density at radius 3 is 2.24 bits per heavy atom. The van der Waals surface area contributed by atoms with E-state index in [2.05, 4.69) is 26.1 Å². The lowest BCUT2D eigenvalue weighted by molar-refractivity contribution is -0.174. The van der Waals surface area contributed by atoms with Crippen LogP contribution in [0, 0.1) is 46.3 Å². The number of esters is 2. The summed E-state index contributed by atoms with van der Waals surface area (Å²) in [5.74, 6) is 2.50. The molecule has 0 spiro atoms. The van der Waals surface area contributed by atoms with E-state index >= 15 is 0 Å². The predicted octanol–water partition coefficient (Wildman–Crippen LogP) is 5.26. The number of piperidine rings is 1. The lowest BCUT2D eigenvalue weighted by Crippen LogP contribution is -2.62. The highest BCUT2D eigenvalue weighted by Crippen LogP contribution is 2.69. The summed E-state index contributed by atoms with van der Waals surface area (Å²) in [6.45, 7) is 13.2. The van der Waals surface area contributed by atoms with Crippen molar-refractivity contribution in [1.82, 2.24) is 5.32 Å². The van der Waals surface area contributed by atoms with E-state index in [1.54, 1.807) is 0 Å². The summed E-state index contributed by atoms with van der Waals surface area (Å²) in [7, 11) is 0. The quantitative estimate of drug-likeness (QED) is 0.495. The van der Waals surface area contributed by atoms with Crippen LogP contribution >= 0.6 is 0 Å². The van der Waals surface area contributed by atoms with Gasteiger partial charge in [-0.3, -0.25) is 9.59 Å². The van der Waals surface area contributed by atoms with Crippen LogP contribution < -0.4 is 5.32 Å². The van der Waals surface area contributed by atoms with Crippen LogP contribution in [0.5, 0.6) is 0 Å². The van der Waals surface area contributed by atoms with Gasteiger partial charge in [-0.15, -0.1) is 0 Å². The number of nitrogens with one attached hydrogen (secondary N) is 1. The molecule has 0 amide bonds. The van der Waals surface area contributed by atoms with Crippen molar-refractivity contribution >= 4 is 11.9 Å². The fourth-order valence-corrected chi connectivity index (χ4v) is 10.6. The number of ether oxygens (including phenoxy) is 2. The zero-order chi connectivity index (χ0) is 26.8. The van der Waals surface area contributed by atoms with Crippen molar-refractivity contribution in [2.75, 3.05) is 6.54 Å². The van der Waals surface area contributed by atoms with E-state index in [4.69, 9.17) is 9.47 Å². The number of carbonyl (C=O) groups excluding carboxylic acids is 2. The van der Waals surface area contributed by atoms with E-state index in [1.807, 2.05) is 6.92 Å². The second-order valence-corrected chi connectivity index (χ2v) is 14.4. The Labute approximate surface area is 224 Å². The van der Waals surface area contributed by atoms with Crippen molar-refractivity contribution in [3.63, 3.8) is 0 Å². The maximum atomic E-state index is 12.3. The standard InChI is InChI=1S/C31H51NO5/c1-18-7-10-27(32-17-18)31(6,35)28-26(37-20(3)34)16-25-23-9-8-21-15-22(36-19(2)33)11-13-29(21,4)24(23)12-14-30(25,28)5/h18,21-28,32,35H,7-17H2,1-6H3/t18-,21-,22-,23+,24-,25-,26+,27-,28-,29-,30-,31-/m0/s1. The largest absolute Gasteiger partial charge is 0.463 e. The fourth-order valence-electron chi connectivity index (χ4n) is 10.6. The van der Waals surface area contributed by atoms with Crippen LogP contribution in [0.4, 0.5) is 0 Å². The van der Waals surface area contributed by atoms with Crippen molar-refractivity contribution in [3.05, 3.63) is 0 Å². The van der Waals surface area contributed by atoms with Crippen molar-refractivity contribution < 1.29 is 24.2 Å². The van der Waals surface area contributed by atoms with Gasteiger partial charge in [0.2, 0.25) is 0 Å². The van der Waals surface area contributed by atoms with Gasteiger partial charge in [0.15, 0.2) is 0 Å². The topological polar surface area (TPSA) is 84.9 Å². The minimum atomic E-state index is -0.931. The Balaban J connectivity index is 1.41. The first kappa shape index (κ1) is 27.4. The molecule has 6 heteroatoms. The van der Waals surface area contributed by atoms with Crippen LogP contribution in [0.1, 0.15) is 106 Å². The van der Waals surface area contributed by atoms with Crippen LogP contribution in [0.25, 0.3) is 0 Å². The van der Waals surface area contributed by atoms with E-state index in [0.717, 1.165) is 51.5 Å². The predicted molar refractivity (Wildman–Crippen MR) is 143 cm³/mol. The number of hydrogen-bond donors (Lipinski definition) is 2. The molecule has 12 atom stereocenters. The van der Waals surface area contributed by atoms with Gasteiger partial charge >= 0.3 is 11.9 Å². The van der Waals surface area contributed by atoms with Crippen LogP contribution in [0.15, 0.2) is 0 Å². The summed E-state index contributed by atoms with van der Waals surface area (Å²) in [5, 5.41) is 15.9. The van der Waals surface area contributed by atoms with Gasteiger partial charge in [0, 0.05) is 25.8 Å². The summed E-state index contributed by atoms with van der Waals surface area (Å²) in [4.78, 5) is 23.9. The Hall–Kier alpha value is -1.14. The molecule has 0 aromatic heterocycles. The van der Waals surface area contributed by atoms with E-state index < -0.39 is 5.60 Å². The van der Waals surface area contributed by atoms with Gasteiger partial charge in [0.1, 0.15) is 12.2 Å². The van der Waals surface area contributed by atoms with Gasteiger partial charge in [-0.1, -0.05) is 20.8 Å². The molecule has 1 saturated heterocycles. The molecule has 4 aliphatic carbocycles. The zero-order valence-electron chi connectivity index (χ0n) is 24.1. The molecule has 4 saturated carbocycles. The van der Waals surface area contributed by atoms with Crippen LogP contribution in [-0.4, -0.2) is 47.4 Å². The van der Waals surface area contributed by atoms with E-state index in [0.29, 0.717) is 29.6 Å². The molecular formula is C31H51NO5. The number of fused-ring (bicyclic) bond motifs is 5. The first-order valence-corrected chi connectivity index (χ1v) is 15.2. The highest BCUT2D eigenvalue weighted by atomic mass is 16.5. The molecule has 0 unspecified atom stereocenters. The molecule has 6 nitrogen and oxygen atoms in total. The minimum Gasteiger partial charge on any atom is -0.463 e. The fraction of sp³-hybridized carbons (Fsp3) is 0.935. The number of carbonyl (C=O) groups is 2. The minimum absolute atomic E-state index is 0.0323. The first-order chi connectivity index (χ1) is 17.4. The lowest BCUT2D eigenvalue weighted by atomic mass is 9.44. The van der Waals surface area contributed by atoms with Crippen LogP contribution in [-0.2, 0) is 19.1 Å². The molecule has 0 radical (unpaired) electrons. The molecule has 0 aromatic carbocycles. The zero-order valence-corrected chi connectivity index (χ0v) is 24.1. The normalized spacial score (nSPS) is 49.1. The third kappa shape index (κ3) is 4.66. The van der Waals surface area contributed by atoms with Crippen molar-refractivity contribution in [3.8, 4) is 0 Å². The summed E-state index contributed by atoms with van der Waals surface area (Å²) < 4.78 is 11.7. The molecule has 2 N–H and O–H groups in total. The van der Waals surface area contributed by atoms with Crippen molar-refractivity contribution in [2.45, 2.75) is 130 Å². The van der Waals surface area contributed by atoms with E-state index in [9.17, 15) is 14.7 Å². The van der Waals surface area contributed by atoms with Gasteiger partial charge < -0.3 is 19.9 Å². The average Bonchev–Trinajstić information content (AvgIpc) is 3.11. The van der Waals surface area contributed by atoms with Gasteiger partial charge in [-0.2, -0.15) is 0 Å². The average molecular weight is 518 g/mol. The van der Waals surface area contributed by atoms with Gasteiger partial charge in [-0.25, -0.2) is 0 Å². The smallest absolute Gasteiger partial charge is 0.302 e. The molecule has 5 aliphatic rings. The third-order valence-electron chi connectivity index (χ3n) is 12.3. The molecule has 5 fully saturated rings. The van der Waals surface area contributed by atoms with Crippen LogP contribution in [0.3, 0.4) is 0 Å². The Morgan fingerprint density at radius 2 is 1.59 bits per heavy atom. The molecule has 0 aromatic rings. The second-order valence-electron chi connectivity index (χ2n) is 14.4. The number of hydrogen-bond acceptors (Lipinski definition) is 6. The highest BCUT2D eigenvalue weighted by molar-refractivity contribution is 5.66. The molecule has 1 heterocycles. The summed E-state index contributed by atoms with van der Waals surface area (Å²) >= 11 is 0. The van der Waals surface area contributed by atoms with Gasteiger partial charge in [-0.05, 0) is 118 Å². The molecule has 210 valence electrons. The molecule has 1 aliphatic heterocycles. The van der Waals surface area contributed by atoms with E-state index in [1.165, 1.54) is 33.1 Å². The van der Waals surface area contributed by atoms with Gasteiger partial charge in [0.05, 0.1) is 5.60 Å². The summed E-state index contributed by atoms with van der Waals surface area (Å²) in [6.07, 6.45) is 10.5. The SMILES string of the molecule is CC(=O)O[C@H]1CC[C@@]2(C)[C@@H](CC[C@@H]3[C@@H]2CC[C@]2(C)[C@@H]([C@@](C)(O)[C@@H]4CC[C@H](C)CN4)[C@H](OC(C)=O)C[C@@H]32)C1. The second kappa shape index (κ2) is 9.80. The number of aliphatic hydroxyl groups is 1. The molecule has 5 rings (SSSR count).